The summed E-state index contributed by atoms with van der Waals surface area (Å²) >= 11 is 3.20. The number of aromatic nitrogens is 2. The summed E-state index contributed by atoms with van der Waals surface area (Å²) in [6.07, 6.45) is 5.12. The van der Waals surface area contributed by atoms with Crippen LogP contribution in [-0.4, -0.2) is 33.2 Å². The lowest BCUT2D eigenvalue weighted by atomic mass is 10.2. The molecule has 2 aromatic rings. The fourth-order valence-corrected chi connectivity index (χ4v) is 2.17. The van der Waals surface area contributed by atoms with Crippen LogP contribution in [-0.2, 0) is 6.54 Å². The Balaban J connectivity index is 1.88. The second kappa shape index (κ2) is 6.89. The lowest BCUT2D eigenvalue weighted by molar-refractivity contribution is 0.0697. The number of imidazole rings is 1. The van der Waals surface area contributed by atoms with E-state index >= 15 is 0 Å². The molecule has 21 heavy (non-hydrogen) atoms. The molecule has 0 saturated carbocycles. The number of hydrogen-bond acceptors (Lipinski definition) is 3. The van der Waals surface area contributed by atoms with Crippen LogP contribution in [0.25, 0.3) is 0 Å². The smallest absolute Gasteiger partial charge is 0.335 e. The Morgan fingerprint density at radius 3 is 2.81 bits per heavy atom. The summed E-state index contributed by atoms with van der Waals surface area (Å²) in [6.45, 7) is 1.04. The molecule has 0 atom stereocenters. The van der Waals surface area contributed by atoms with Crippen molar-refractivity contribution in [3.8, 4) is 0 Å². The van der Waals surface area contributed by atoms with Crippen molar-refractivity contribution in [2.75, 3.05) is 11.9 Å². The molecule has 0 spiro atoms. The van der Waals surface area contributed by atoms with Crippen LogP contribution in [0.4, 0.5) is 10.5 Å². The molecule has 0 fully saturated rings. The van der Waals surface area contributed by atoms with Gasteiger partial charge in [-0.1, -0.05) is 15.9 Å². The maximum Gasteiger partial charge on any atom is 0.335 e. The zero-order chi connectivity index (χ0) is 15.2. The van der Waals surface area contributed by atoms with Crippen molar-refractivity contribution < 1.29 is 14.7 Å². The molecule has 3 N–H and O–H groups in total. The van der Waals surface area contributed by atoms with Gasteiger partial charge in [0, 0.05) is 35.6 Å². The number of amides is 2. The lowest BCUT2D eigenvalue weighted by Gasteiger charge is -2.09. The van der Waals surface area contributed by atoms with E-state index in [-0.39, 0.29) is 5.56 Å². The summed E-state index contributed by atoms with van der Waals surface area (Å²) < 4.78 is 2.41. The fraction of sp³-hybridized carbons (Fsp3) is 0.154. The van der Waals surface area contributed by atoms with E-state index in [4.69, 9.17) is 5.11 Å². The van der Waals surface area contributed by atoms with Crippen molar-refractivity contribution in [2.45, 2.75) is 6.54 Å². The SMILES string of the molecule is O=C(NCCn1ccnc1)Nc1cc(Br)cc(C(=O)O)c1. The molecule has 0 unspecified atom stereocenters. The molecular formula is C13H13BrN4O3. The molecule has 2 rings (SSSR count). The predicted octanol–water partition coefficient (Wildman–Crippen LogP) is 2.17. The van der Waals surface area contributed by atoms with Gasteiger partial charge in [0.05, 0.1) is 11.9 Å². The van der Waals surface area contributed by atoms with Gasteiger partial charge in [-0.05, 0) is 18.2 Å². The molecule has 1 heterocycles. The highest BCUT2D eigenvalue weighted by Crippen LogP contribution is 2.19. The summed E-state index contributed by atoms with van der Waals surface area (Å²) in [5.74, 6) is -1.06. The molecule has 110 valence electrons. The molecule has 0 bridgehead atoms. The van der Waals surface area contributed by atoms with Crippen molar-refractivity contribution in [2.24, 2.45) is 0 Å². The Bertz CT molecular complexity index is 643. The number of halogens is 1. The standard InChI is InChI=1S/C13H13BrN4O3/c14-10-5-9(12(19)20)6-11(7-10)17-13(21)16-2-4-18-3-1-15-8-18/h1,3,5-8H,2,4H2,(H,19,20)(H2,16,17,21). The van der Waals surface area contributed by atoms with Gasteiger partial charge in [0.15, 0.2) is 0 Å². The molecule has 0 aliphatic carbocycles. The predicted molar refractivity (Wildman–Crippen MR) is 80.3 cm³/mol. The van der Waals surface area contributed by atoms with Gasteiger partial charge in [-0.15, -0.1) is 0 Å². The minimum atomic E-state index is -1.06. The Morgan fingerprint density at radius 2 is 2.14 bits per heavy atom. The summed E-state index contributed by atoms with van der Waals surface area (Å²) in [7, 11) is 0. The minimum Gasteiger partial charge on any atom is -0.478 e. The van der Waals surface area contributed by atoms with Crippen LogP contribution in [0.15, 0.2) is 41.4 Å². The highest BCUT2D eigenvalue weighted by atomic mass is 79.9. The number of carbonyl (C=O) groups excluding carboxylic acids is 1. The maximum atomic E-state index is 11.7. The maximum absolute atomic E-state index is 11.7. The van der Waals surface area contributed by atoms with Crippen molar-refractivity contribution in [3.63, 3.8) is 0 Å². The lowest BCUT2D eigenvalue weighted by Crippen LogP contribution is -2.31. The summed E-state index contributed by atoms with van der Waals surface area (Å²) in [5, 5.41) is 14.2. The number of carbonyl (C=O) groups is 2. The van der Waals surface area contributed by atoms with Gasteiger partial charge in [-0.3, -0.25) is 0 Å². The normalized spacial score (nSPS) is 10.1. The molecule has 1 aromatic carbocycles. The molecule has 0 radical (unpaired) electrons. The highest BCUT2D eigenvalue weighted by molar-refractivity contribution is 9.10. The van der Waals surface area contributed by atoms with E-state index in [1.807, 2.05) is 4.57 Å². The van der Waals surface area contributed by atoms with Crippen LogP contribution < -0.4 is 10.6 Å². The number of rotatable bonds is 5. The molecule has 0 aliphatic heterocycles. The van der Waals surface area contributed by atoms with E-state index in [2.05, 4.69) is 31.5 Å². The summed E-state index contributed by atoms with van der Waals surface area (Å²) in [5.41, 5.74) is 0.500. The highest BCUT2D eigenvalue weighted by Gasteiger charge is 2.08. The number of nitrogens with one attached hydrogen (secondary N) is 2. The first kappa shape index (κ1) is 15.0. The second-order valence-corrected chi connectivity index (χ2v) is 5.13. The first-order valence-corrected chi connectivity index (χ1v) is 6.88. The molecule has 0 saturated heterocycles. The quantitative estimate of drug-likeness (QED) is 0.768. The number of urea groups is 1. The number of carboxylic acids is 1. The van der Waals surface area contributed by atoms with Crippen molar-refractivity contribution in [1.29, 1.82) is 0 Å². The molecule has 1 aromatic heterocycles. The van der Waals surface area contributed by atoms with Gasteiger partial charge in [0.25, 0.3) is 0 Å². The molecule has 0 aliphatic rings. The average molecular weight is 353 g/mol. The number of nitrogens with zero attached hydrogens (tertiary/aromatic N) is 2. The zero-order valence-electron chi connectivity index (χ0n) is 10.9. The van der Waals surface area contributed by atoms with E-state index in [0.29, 0.717) is 23.2 Å². The van der Waals surface area contributed by atoms with Crippen LogP contribution in [0.1, 0.15) is 10.4 Å². The molecule has 2 amide bonds. The van der Waals surface area contributed by atoms with E-state index in [1.165, 1.54) is 12.1 Å². The number of carboxylic acid groups (broad SMARTS) is 1. The van der Waals surface area contributed by atoms with E-state index in [9.17, 15) is 9.59 Å². The largest absolute Gasteiger partial charge is 0.478 e. The fourth-order valence-electron chi connectivity index (χ4n) is 1.68. The summed E-state index contributed by atoms with van der Waals surface area (Å²) in [6, 6.07) is 4.08. The molecule has 7 nitrogen and oxygen atoms in total. The zero-order valence-corrected chi connectivity index (χ0v) is 12.5. The Morgan fingerprint density at radius 1 is 1.33 bits per heavy atom. The van der Waals surface area contributed by atoms with Crippen molar-refractivity contribution >= 4 is 33.6 Å². The Labute approximate surface area is 129 Å². The van der Waals surface area contributed by atoms with Gasteiger partial charge in [0.1, 0.15) is 0 Å². The van der Waals surface area contributed by atoms with Gasteiger partial charge in [-0.2, -0.15) is 0 Å². The van der Waals surface area contributed by atoms with Gasteiger partial charge < -0.3 is 20.3 Å². The van der Waals surface area contributed by atoms with Crippen LogP contribution in [0, 0.1) is 0 Å². The third kappa shape index (κ3) is 4.60. The molecular weight excluding hydrogens is 340 g/mol. The van der Waals surface area contributed by atoms with E-state index in [0.717, 1.165) is 0 Å². The Hall–Kier alpha value is -2.35. The summed E-state index contributed by atoms with van der Waals surface area (Å²) in [4.78, 5) is 26.6. The van der Waals surface area contributed by atoms with E-state index < -0.39 is 12.0 Å². The number of hydrogen-bond donors (Lipinski definition) is 3. The monoisotopic (exact) mass is 352 g/mol. The first-order chi connectivity index (χ1) is 10.0. The average Bonchev–Trinajstić information content (AvgIpc) is 2.91. The number of benzene rings is 1. The number of anilines is 1. The number of aromatic carboxylic acids is 1. The van der Waals surface area contributed by atoms with Crippen LogP contribution >= 0.6 is 15.9 Å². The first-order valence-electron chi connectivity index (χ1n) is 6.09. The third-order valence-electron chi connectivity index (χ3n) is 2.62. The van der Waals surface area contributed by atoms with Crippen LogP contribution in [0.2, 0.25) is 0 Å². The van der Waals surface area contributed by atoms with Gasteiger partial charge >= 0.3 is 12.0 Å². The van der Waals surface area contributed by atoms with Crippen molar-refractivity contribution in [1.82, 2.24) is 14.9 Å². The van der Waals surface area contributed by atoms with Gasteiger partial charge in [0.2, 0.25) is 0 Å². The van der Waals surface area contributed by atoms with Crippen molar-refractivity contribution in [3.05, 3.63) is 47.0 Å². The third-order valence-corrected chi connectivity index (χ3v) is 3.08. The van der Waals surface area contributed by atoms with Gasteiger partial charge in [-0.25, -0.2) is 14.6 Å². The second-order valence-electron chi connectivity index (χ2n) is 4.22. The van der Waals surface area contributed by atoms with Crippen LogP contribution in [0.5, 0.6) is 0 Å². The molecule has 8 heteroatoms. The van der Waals surface area contributed by atoms with E-state index in [1.54, 1.807) is 24.8 Å². The minimum absolute atomic E-state index is 0.0955. The Kier molecular flexibility index (Phi) is 4.94. The topological polar surface area (TPSA) is 96.3 Å². The van der Waals surface area contributed by atoms with Crippen LogP contribution in [0.3, 0.4) is 0 Å².